The molecule has 1 rings (SSSR count). The van der Waals surface area contributed by atoms with Crippen LogP contribution in [0.4, 0.5) is 0 Å². The van der Waals surface area contributed by atoms with E-state index in [0.717, 1.165) is 0 Å². The molecule has 0 aliphatic heterocycles. The minimum absolute atomic E-state index is 0.0315. The van der Waals surface area contributed by atoms with Crippen LogP contribution in [0.5, 0.6) is 0 Å². The van der Waals surface area contributed by atoms with Gasteiger partial charge in [0.25, 0.3) is 0 Å². The highest BCUT2D eigenvalue weighted by atomic mass is 14.7. The average molecular weight is 248 g/mol. The van der Waals surface area contributed by atoms with E-state index in [0.29, 0.717) is 18.4 Å². The summed E-state index contributed by atoms with van der Waals surface area (Å²) in [6.45, 7) is 11.7. The molecule has 0 saturated heterocycles. The predicted octanol–water partition coefficient (Wildman–Crippen LogP) is 3.21. The molecule has 0 spiro atoms. The van der Waals surface area contributed by atoms with Crippen molar-refractivity contribution in [3.05, 3.63) is 35.4 Å². The van der Waals surface area contributed by atoms with E-state index < -0.39 is 0 Å². The summed E-state index contributed by atoms with van der Waals surface area (Å²) >= 11 is 0. The molecule has 0 aromatic heterocycles. The van der Waals surface area contributed by atoms with E-state index in [1.807, 2.05) is 0 Å². The van der Waals surface area contributed by atoms with Crippen LogP contribution in [-0.4, -0.2) is 6.54 Å². The van der Waals surface area contributed by atoms with E-state index in [1.54, 1.807) is 0 Å². The molecule has 0 heterocycles. The fourth-order valence-electron chi connectivity index (χ4n) is 2.29. The molecule has 0 saturated carbocycles. The van der Waals surface area contributed by atoms with Crippen molar-refractivity contribution in [1.82, 2.24) is 0 Å². The highest BCUT2D eigenvalue weighted by molar-refractivity contribution is 5.29. The third-order valence-corrected chi connectivity index (χ3v) is 3.75. The number of rotatable bonds is 4. The van der Waals surface area contributed by atoms with E-state index in [9.17, 15) is 0 Å². The van der Waals surface area contributed by atoms with Gasteiger partial charge in [0.1, 0.15) is 0 Å². The van der Waals surface area contributed by atoms with Gasteiger partial charge >= 0.3 is 0 Å². The molecule has 102 valence electrons. The van der Waals surface area contributed by atoms with Crippen molar-refractivity contribution >= 4 is 0 Å². The van der Waals surface area contributed by atoms with Crippen LogP contribution in [0.3, 0.4) is 0 Å². The van der Waals surface area contributed by atoms with E-state index in [2.05, 4.69) is 58.9 Å². The fraction of sp³-hybridized carbons (Fsp3) is 0.625. The van der Waals surface area contributed by atoms with Crippen molar-refractivity contribution in [1.29, 1.82) is 0 Å². The van der Waals surface area contributed by atoms with Crippen LogP contribution in [0.25, 0.3) is 0 Å². The Morgan fingerprint density at radius 2 is 1.56 bits per heavy atom. The second-order valence-corrected chi connectivity index (χ2v) is 6.54. The number of hydrogen-bond acceptors (Lipinski definition) is 2. The molecule has 0 aliphatic carbocycles. The maximum Gasteiger partial charge on any atom is 0.0338 e. The monoisotopic (exact) mass is 248 g/mol. The third-order valence-electron chi connectivity index (χ3n) is 3.75. The smallest absolute Gasteiger partial charge is 0.0338 e. The molecule has 2 heteroatoms. The standard InChI is InChI=1S/C16H28N2/c1-11(2)14(10-17)15(18)12-6-8-13(9-7-12)16(3,4)5/h6-9,11,14-15H,10,17-18H2,1-5H3. The largest absolute Gasteiger partial charge is 0.330 e. The molecule has 0 amide bonds. The first-order chi connectivity index (χ1) is 8.27. The molecule has 1 aromatic carbocycles. The van der Waals surface area contributed by atoms with Crippen molar-refractivity contribution in [2.24, 2.45) is 23.3 Å². The fourth-order valence-corrected chi connectivity index (χ4v) is 2.29. The van der Waals surface area contributed by atoms with Gasteiger partial charge in [0.15, 0.2) is 0 Å². The molecule has 18 heavy (non-hydrogen) atoms. The van der Waals surface area contributed by atoms with Crippen molar-refractivity contribution in [3.63, 3.8) is 0 Å². The normalized spacial score (nSPS) is 15.8. The molecule has 0 radical (unpaired) electrons. The van der Waals surface area contributed by atoms with Gasteiger partial charge in [0.2, 0.25) is 0 Å². The topological polar surface area (TPSA) is 52.0 Å². The summed E-state index contributed by atoms with van der Waals surface area (Å²) < 4.78 is 0. The van der Waals surface area contributed by atoms with E-state index >= 15 is 0 Å². The first-order valence-corrected chi connectivity index (χ1v) is 6.83. The van der Waals surface area contributed by atoms with Gasteiger partial charge in [-0.25, -0.2) is 0 Å². The second kappa shape index (κ2) is 5.85. The van der Waals surface area contributed by atoms with Gasteiger partial charge in [-0.1, -0.05) is 58.9 Å². The highest BCUT2D eigenvalue weighted by Crippen LogP contribution is 2.28. The van der Waals surface area contributed by atoms with Gasteiger partial charge in [0, 0.05) is 6.04 Å². The molecular weight excluding hydrogens is 220 g/mol. The predicted molar refractivity (Wildman–Crippen MR) is 79.5 cm³/mol. The van der Waals surface area contributed by atoms with E-state index in [1.165, 1.54) is 11.1 Å². The second-order valence-electron chi connectivity index (χ2n) is 6.54. The van der Waals surface area contributed by atoms with Gasteiger partial charge in [0.05, 0.1) is 0 Å². The van der Waals surface area contributed by atoms with Crippen LogP contribution in [0.2, 0.25) is 0 Å². The summed E-state index contributed by atoms with van der Waals surface area (Å²) in [5, 5.41) is 0. The molecule has 1 aromatic rings. The Kier molecular flexibility index (Phi) is 4.94. The summed E-state index contributed by atoms with van der Waals surface area (Å²) in [6, 6.07) is 8.70. The molecular formula is C16H28N2. The average Bonchev–Trinajstić information content (AvgIpc) is 2.28. The van der Waals surface area contributed by atoms with Crippen LogP contribution in [0.1, 0.15) is 51.8 Å². The Hall–Kier alpha value is -0.860. The lowest BCUT2D eigenvalue weighted by Gasteiger charge is -2.27. The van der Waals surface area contributed by atoms with Crippen molar-refractivity contribution < 1.29 is 0 Å². The Bertz CT molecular complexity index is 360. The number of benzene rings is 1. The number of nitrogens with two attached hydrogens (primary N) is 2. The Balaban J connectivity index is 2.91. The van der Waals surface area contributed by atoms with Gasteiger partial charge in [-0.3, -0.25) is 0 Å². The lowest BCUT2D eigenvalue weighted by atomic mass is 9.82. The van der Waals surface area contributed by atoms with Crippen LogP contribution in [0.15, 0.2) is 24.3 Å². The zero-order valence-electron chi connectivity index (χ0n) is 12.4. The molecule has 4 N–H and O–H groups in total. The van der Waals surface area contributed by atoms with Crippen LogP contribution in [-0.2, 0) is 5.41 Å². The lowest BCUT2D eigenvalue weighted by Crippen LogP contribution is -2.31. The first kappa shape index (κ1) is 15.2. The highest BCUT2D eigenvalue weighted by Gasteiger charge is 2.22. The number of hydrogen-bond donors (Lipinski definition) is 2. The van der Waals surface area contributed by atoms with Crippen LogP contribution in [0, 0.1) is 11.8 Å². The lowest BCUT2D eigenvalue weighted by molar-refractivity contribution is 0.331. The SMILES string of the molecule is CC(C)C(CN)C(N)c1ccc(C(C)(C)C)cc1. The summed E-state index contributed by atoms with van der Waals surface area (Å²) in [5.74, 6) is 0.845. The minimum Gasteiger partial charge on any atom is -0.330 e. The first-order valence-electron chi connectivity index (χ1n) is 6.83. The molecule has 0 fully saturated rings. The minimum atomic E-state index is 0.0315. The van der Waals surface area contributed by atoms with Crippen LogP contribution < -0.4 is 11.5 Å². The van der Waals surface area contributed by atoms with Gasteiger partial charge < -0.3 is 11.5 Å². The van der Waals surface area contributed by atoms with E-state index in [-0.39, 0.29) is 11.5 Å². The molecule has 0 aliphatic rings. The molecule has 0 bridgehead atoms. The zero-order chi connectivity index (χ0) is 13.9. The summed E-state index contributed by atoms with van der Waals surface area (Å²) in [6.07, 6.45) is 0. The molecule has 2 nitrogen and oxygen atoms in total. The Morgan fingerprint density at radius 3 is 1.89 bits per heavy atom. The summed E-state index contributed by atoms with van der Waals surface area (Å²) in [7, 11) is 0. The third kappa shape index (κ3) is 3.56. The molecule has 2 unspecified atom stereocenters. The van der Waals surface area contributed by atoms with Gasteiger partial charge in [-0.2, -0.15) is 0 Å². The molecule has 2 atom stereocenters. The van der Waals surface area contributed by atoms with Gasteiger partial charge in [-0.15, -0.1) is 0 Å². The van der Waals surface area contributed by atoms with Crippen LogP contribution >= 0.6 is 0 Å². The van der Waals surface area contributed by atoms with Gasteiger partial charge in [-0.05, 0) is 34.9 Å². The quantitative estimate of drug-likeness (QED) is 0.859. The maximum atomic E-state index is 6.33. The van der Waals surface area contributed by atoms with Crippen molar-refractivity contribution in [3.8, 4) is 0 Å². The Morgan fingerprint density at radius 1 is 1.06 bits per heavy atom. The Labute approximate surface area is 112 Å². The summed E-state index contributed by atoms with van der Waals surface area (Å²) in [4.78, 5) is 0. The van der Waals surface area contributed by atoms with E-state index in [4.69, 9.17) is 11.5 Å². The van der Waals surface area contributed by atoms with Crippen molar-refractivity contribution in [2.75, 3.05) is 6.54 Å². The summed E-state index contributed by atoms with van der Waals surface area (Å²) in [5.41, 5.74) is 14.9. The van der Waals surface area contributed by atoms with Crippen molar-refractivity contribution in [2.45, 2.75) is 46.1 Å². The maximum absolute atomic E-state index is 6.33. The zero-order valence-corrected chi connectivity index (χ0v) is 12.4.